The van der Waals surface area contributed by atoms with E-state index in [2.05, 4.69) is 20.3 Å². The molecule has 2 aromatic rings. The summed E-state index contributed by atoms with van der Waals surface area (Å²) in [6.45, 7) is 2.13. The lowest BCUT2D eigenvalue weighted by Crippen LogP contribution is -2.46. The van der Waals surface area contributed by atoms with E-state index in [9.17, 15) is 4.79 Å². The van der Waals surface area contributed by atoms with Crippen LogP contribution in [0.1, 0.15) is 18.5 Å². The van der Waals surface area contributed by atoms with Gasteiger partial charge < -0.3 is 19.7 Å². The van der Waals surface area contributed by atoms with Gasteiger partial charge in [-0.25, -0.2) is 4.68 Å². The van der Waals surface area contributed by atoms with Gasteiger partial charge in [0.05, 0.1) is 38.1 Å². The van der Waals surface area contributed by atoms with E-state index in [1.807, 2.05) is 41.2 Å². The van der Waals surface area contributed by atoms with Crippen LogP contribution in [0.25, 0.3) is 5.69 Å². The van der Waals surface area contributed by atoms with Crippen molar-refractivity contribution < 1.29 is 14.3 Å². The number of rotatable bonds is 5. The van der Waals surface area contributed by atoms with Crippen molar-refractivity contribution >= 4 is 35.9 Å². The Hall–Kier alpha value is -2.30. The van der Waals surface area contributed by atoms with E-state index in [4.69, 9.17) is 9.47 Å². The lowest BCUT2D eigenvalue weighted by atomic mass is 9.97. The standard InChI is InChI=1S/C20H27N5O3.HI/c1-21-20(24-11-8-15(9-12-24)19(26)28-3)22-14-16-10-13-25(23-16)17-4-6-18(27-2)7-5-17;/h4-7,10,13,15H,8-9,11-12,14H2,1-3H3,(H,21,22);1H. The average molecular weight is 513 g/mol. The highest BCUT2D eigenvalue weighted by Crippen LogP contribution is 2.18. The highest BCUT2D eigenvalue weighted by atomic mass is 127. The maximum atomic E-state index is 11.7. The number of methoxy groups -OCH3 is 2. The summed E-state index contributed by atoms with van der Waals surface area (Å²) in [5.41, 5.74) is 1.89. The number of nitrogens with one attached hydrogen (secondary N) is 1. The summed E-state index contributed by atoms with van der Waals surface area (Å²) in [5, 5.41) is 7.97. The molecule has 0 atom stereocenters. The number of ether oxygens (including phenoxy) is 2. The molecule has 0 saturated carbocycles. The number of benzene rings is 1. The van der Waals surface area contributed by atoms with Crippen molar-refractivity contribution in [3.8, 4) is 11.4 Å². The van der Waals surface area contributed by atoms with Crippen molar-refractivity contribution in [1.82, 2.24) is 20.0 Å². The molecule has 0 spiro atoms. The first-order chi connectivity index (χ1) is 13.6. The van der Waals surface area contributed by atoms with Gasteiger partial charge in [0.15, 0.2) is 5.96 Å². The normalized spacial score (nSPS) is 14.9. The molecule has 8 nitrogen and oxygen atoms in total. The molecule has 9 heteroatoms. The Labute approximate surface area is 188 Å². The van der Waals surface area contributed by atoms with Crippen molar-refractivity contribution in [2.75, 3.05) is 34.4 Å². The molecule has 1 aliphatic rings. The van der Waals surface area contributed by atoms with E-state index in [1.54, 1.807) is 14.2 Å². The highest BCUT2D eigenvalue weighted by Gasteiger charge is 2.26. The number of hydrogen-bond acceptors (Lipinski definition) is 5. The number of guanidine groups is 1. The van der Waals surface area contributed by atoms with Crippen molar-refractivity contribution in [3.63, 3.8) is 0 Å². The van der Waals surface area contributed by atoms with Crippen LogP contribution in [0.15, 0.2) is 41.5 Å². The topological polar surface area (TPSA) is 81.0 Å². The Bertz CT molecular complexity index is 814. The van der Waals surface area contributed by atoms with Crippen molar-refractivity contribution in [2.24, 2.45) is 10.9 Å². The summed E-state index contributed by atoms with van der Waals surface area (Å²) in [6.07, 6.45) is 3.49. The quantitative estimate of drug-likeness (QED) is 0.287. The second-order valence-corrected chi connectivity index (χ2v) is 6.63. The summed E-state index contributed by atoms with van der Waals surface area (Å²) in [6, 6.07) is 9.73. The molecule has 1 saturated heterocycles. The maximum absolute atomic E-state index is 11.7. The Morgan fingerprint density at radius 2 is 1.90 bits per heavy atom. The first-order valence-electron chi connectivity index (χ1n) is 9.37. The predicted octanol–water partition coefficient (Wildman–Crippen LogP) is 2.46. The molecule has 0 amide bonds. The second-order valence-electron chi connectivity index (χ2n) is 6.63. The summed E-state index contributed by atoms with van der Waals surface area (Å²) in [4.78, 5) is 18.2. The number of aliphatic imine (C=N–C) groups is 1. The SMILES string of the molecule is CN=C(NCc1ccn(-c2ccc(OC)cc2)n1)N1CCC(C(=O)OC)CC1.I. The summed E-state index contributed by atoms with van der Waals surface area (Å²) in [5.74, 6) is 1.51. The Morgan fingerprint density at radius 3 is 2.48 bits per heavy atom. The third-order valence-electron chi connectivity index (χ3n) is 4.95. The van der Waals surface area contributed by atoms with Crippen molar-refractivity contribution in [1.29, 1.82) is 0 Å². The number of nitrogens with zero attached hydrogens (tertiary/aromatic N) is 4. The van der Waals surface area contributed by atoms with Gasteiger partial charge in [-0.2, -0.15) is 5.10 Å². The minimum atomic E-state index is -0.119. The van der Waals surface area contributed by atoms with Gasteiger partial charge in [-0.3, -0.25) is 9.79 Å². The molecule has 0 unspecified atom stereocenters. The molecule has 2 heterocycles. The van der Waals surface area contributed by atoms with Crippen LogP contribution >= 0.6 is 24.0 Å². The minimum absolute atomic E-state index is 0. The largest absolute Gasteiger partial charge is 0.497 e. The number of carbonyl (C=O) groups excluding carboxylic acids is 1. The predicted molar refractivity (Wildman–Crippen MR) is 122 cm³/mol. The lowest BCUT2D eigenvalue weighted by molar-refractivity contribution is -0.146. The molecule has 1 aromatic carbocycles. The molecule has 1 aliphatic heterocycles. The van der Waals surface area contributed by atoms with Crippen molar-refractivity contribution in [3.05, 3.63) is 42.2 Å². The number of aromatic nitrogens is 2. The van der Waals surface area contributed by atoms with E-state index >= 15 is 0 Å². The van der Waals surface area contributed by atoms with Crippen molar-refractivity contribution in [2.45, 2.75) is 19.4 Å². The first-order valence-corrected chi connectivity index (χ1v) is 9.37. The van der Waals surface area contributed by atoms with Crippen LogP contribution in [0.5, 0.6) is 5.75 Å². The lowest BCUT2D eigenvalue weighted by Gasteiger charge is -2.33. The van der Waals surface area contributed by atoms with Crippen LogP contribution in [0.2, 0.25) is 0 Å². The van der Waals surface area contributed by atoms with E-state index in [1.165, 1.54) is 7.11 Å². The van der Waals surface area contributed by atoms with Gasteiger partial charge in [-0.15, -0.1) is 24.0 Å². The van der Waals surface area contributed by atoms with Gasteiger partial charge in [0.25, 0.3) is 0 Å². The number of carbonyl (C=O) groups is 1. The van der Waals surface area contributed by atoms with E-state index in [-0.39, 0.29) is 35.9 Å². The third kappa shape index (κ3) is 5.84. The molecular weight excluding hydrogens is 485 g/mol. The smallest absolute Gasteiger partial charge is 0.308 e. The number of esters is 1. The molecule has 0 radical (unpaired) electrons. The van der Waals surface area contributed by atoms with Gasteiger partial charge in [-0.1, -0.05) is 0 Å². The van der Waals surface area contributed by atoms with Crippen LogP contribution < -0.4 is 10.1 Å². The monoisotopic (exact) mass is 513 g/mol. The summed E-state index contributed by atoms with van der Waals surface area (Å²) in [7, 11) is 4.86. The highest BCUT2D eigenvalue weighted by molar-refractivity contribution is 14.0. The molecule has 0 bridgehead atoms. The Kier molecular flexibility index (Phi) is 8.74. The molecule has 1 fully saturated rings. The average Bonchev–Trinajstić information content (AvgIpc) is 3.23. The first kappa shape index (κ1) is 23.0. The molecule has 1 N–H and O–H groups in total. The zero-order valence-electron chi connectivity index (χ0n) is 17.0. The van der Waals surface area contributed by atoms with Gasteiger partial charge in [0.1, 0.15) is 5.75 Å². The van der Waals surface area contributed by atoms with Crippen LogP contribution in [-0.4, -0.2) is 61.0 Å². The Morgan fingerprint density at radius 1 is 1.21 bits per heavy atom. The summed E-state index contributed by atoms with van der Waals surface area (Å²) >= 11 is 0. The van der Waals surface area contributed by atoms with Crippen LogP contribution in [-0.2, 0) is 16.1 Å². The third-order valence-corrected chi connectivity index (χ3v) is 4.95. The fourth-order valence-corrected chi connectivity index (χ4v) is 3.33. The van der Waals surface area contributed by atoms with Crippen LogP contribution in [0.3, 0.4) is 0 Å². The zero-order chi connectivity index (χ0) is 19.9. The van der Waals surface area contributed by atoms with Gasteiger partial charge in [0, 0.05) is 26.3 Å². The zero-order valence-corrected chi connectivity index (χ0v) is 19.3. The van der Waals surface area contributed by atoms with Gasteiger partial charge in [-0.05, 0) is 43.2 Å². The fraction of sp³-hybridized carbons (Fsp3) is 0.450. The number of hydrogen-bond donors (Lipinski definition) is 1. The van der Waals surface area contributed by atoms with Crippen LogP contribution in [0.4, 0.5) is 0 Å². The molecule has 1 aromatic heterocycles. The molecule has 29 heavy (non-hydrogen) atoms. The number of likely N-dealkylation sites (tertiary alicyclic amines) is 1. The number of halogens is 1. The fourth-order valence-electron chi connectivity index (χ4n) is 3.33. The molecule has 158 valence electrons. The second kappa shape index (κ2) is 11.0. The number of piperidine rings is 1. The van der Waals surface area contributed by atoms with E-state index in [0.717, 1.165) is 49.0 Å². The van der Waals surface area contributed by atoms with Gasteiger partial charge >= 0.3 is 5.97 Å². The van der Waals surface area contributed by atoms with Gasteiger partial charge in [0.2, 0.25) is 0 Å². The Balaban J connectivity index is 0.00000300. The molecule has 0 aliphatic carbocycles. The van der Waals surface area contributed by atoms with Crippen LogP contribution in [0, 0.1) is 5.92 Å². The van der Waals surface area contributed by atoms with E-state index < -0.39 is 0 Å². The van der Waals surface area contributed by atoms with E-state index in [0.29, 0.717) is 6.54 Å². The summed E-state index contributed by atoms with van der Waals surface area (Å²) < 4.78 is 11.9. The molecule has 3 rings (SSSR count). The minimum Gasteiger partial charge on any atom is -0.497 e. The molecular formula is C20H28IN5O3. The maximum Gasteiger partial charge on any atom is 0.308 e.